The van der Waals surface area contributed by atoms with Gasteiger partial charge in [0.1, 0.15) is 0 Å². The van der Waals surface area contributed by atoms with Crippen LogP contribution >= 0.6 is 22.6 Å². The summed E-state index contributed by atoms with van der Waals surface area (Å²) >= 11 is 2.21. The summed E-state index contributed by atoms with van der Waals surface area (Å²) in [5.41, 5.74) is 9.92. The highest BCUT2D eigenvalue weighted by Gasteiger charge is 2.10. The lowest BCUT2D eigenvalue weighted by molar-refractivity contribution is 0.102. The van der Waals surface area contributed by atoms with Gasteiger partial charge < -0.3 is 11.1 Å². The minimum Gasteiger partial charge on any atom is -0.397 e. The minimum atomic E-state index is -0.143. The second-order valence-electron chi connectivity index (χ2n) is 4.51. The average Bonchev–Trinajstić information content (AvgIpc) is 2.34. The Bertz CT molecular complexity index is 598. The molecule has 0 unspecified atom stereocenters. The van der Waals surface area contributed by atoms with E-state index in [1.54, 1.807) is 12.1 Å². The standard InChI is InChI=1S/C15H15IN2O/c1-9-7-10(2)14(13(17)8-9)18-15(19)11-3-5-12(16)6-4-11/h3-8H,17H2,1-2H3,(H,18,19). The third-order valence-corrected chi connectivity index (χ3v) is 3.57. The first-order chi connectivity index (χ1) is 8.97. The van der Waals surface area contributed by atoms with Crippen molar-refractivity contribution in [3.8, 4) is 0 Å². The average molecular weight is 366 g/mol. The lowest BCUT2D eigenvalue weighted by Gasteiger charge is -2.12. The number of aryl methyl sites for hydroxylation is 2. The Labute approximate surface area is 126 Å². The number of carbonyl (C=O) groups is 1. The number of hydrogen-bond acceptors (Lipinski definition) is 2. The second kappa shape index (κ2) is 5.61. The van der Waals surface area contributed by atoms with E-state index < -0.39 is 0 Å². The normalized spacial score (nSPS) is 10.3. The van der Waals surface area contributed by atoms with Crippen molar-refractivity contribution >= 4 is 39.9 Å². The zero-order chi connectivity index (χ0) is 14.0. The van der Waals surface area contributed by atoms with E-state index in [9.17, 15) is 4.79 Å². The van der Waals surface area contributed by atoms with Gasteiger partial charge >= 0.3 is 0 Å². The summed E-state index contributed by atoms with van der Waals surface area (Å²) in [6.45, 7) is 3.92. The van der Waals surface area contributed by atoms with Crippen molar-refractivity contribution in [1.29, 1.82) is 0 Å². The number of carbonyl (C=O) groups excluding carboxylic acids is 1. The van der Waals surface area contributed by atoms with Crippen LogP contribution in [0.2, 0.25) is 0 Å². The van der Waals surface area contributed by atoms with E-state index >= 15 is 0 Å². The zero-order valence-electron chi connectivity index (χ0n) is 10.8. The van der Waals surface area contributed by atoms with Crippen LogP contribution in [0.1, 0.15) is 21.5 Å². The Balaban J connectivity index is 2.26. The van der Waals surface area contributed by atoms with Crippen LogP contribution in [0.25, 0.3) is 0 Å². The highest BCUT2D eigenvalue weighted by Crippen LogP contribution is 2.25. The molecule has 1 amide bonds. The van der Waals surface area contributed by atoms with E-state index in [1.165, 1.54) is 0 Å². The first kappa shape index (κ1) is 13.9. The van der Waals surface area contributed by atoms with Crippen LogP contribution in [0.4, 0.5) is 11.4 Å². The first-order valence-electron chi connectivity index (χ1n) is 5.91. The number of rotatable bonds is 2. The van der Waals surface area contributed by atoms with Gasteiger partial charge in [-0.25, -0.2) is 0 Å². The van der Waals surface area contributed by atoms with Crippen molar-refractivity contribution < 1.29 is 4.79 Å². The van der Waals surface area contributed by atoms with Crippen molar-refractivity contribution in [2.24, 2.45) is 0 Å². The summed E-state index contributed by atoms with van der Waals surface area (Å²) < 4.78 is 1.10. The van der Waals surface area contributed by atoms with Gasteiger partial charge in [-0.1, -0.05) is 6.07 Å². The molecule has 0 atom stereocenters. The van der Waals surface area contributed by atoms with Gasteiger partial charge in [0.15, 0.2) is 0 Å². The Kier molecular flexibility index (Phi) is 4.09. The summed E-state index contributed by atoms with van der Waals surface area (Å²) in [4.78, 5) is 12.1. The van der Waals surface area contributed by atoms with Gasteiger partial charge in [0.2, 0.25) is 0 Å². The lowest BCUT2D eigenvalue weighted by atomic mass is 10.1. The van der Waals surface area contributed by atoms with Gasteiger partial charge in [-0.2, -0.15) is 0 Å². The summed E-state index contributed by atoms with van der Waals surface area (Å²) in [5, 5.41) is 2.88. The molecule has 0 saturated heterocycles. The van der Waals surface area contributed by atoms with E-state index in [0.29, 0.717) is 16.9 Å². The Hall–Kier alpha value is -1.56. The maximum Gasteiger partial charge on any atom is 0.255 e. The highest BCUT2D eigenvalue weighted by molar-refractivity contribution is 14.1. The quantitative estimate of drug-likeness (QED) is 0.629. The molecule has 0 radical (unpaired) electrons. The van der Waals surface area contributed by atoms with Crippen LogP contribution in [0.5, 0.6) is 0 Å². The van der Waals surface area contributed by atoms with Crippen molar-refractivity contribution in [2.75, 3.05) is 11.1 Å². The van der Waals surface area contributed by atoms with Crippen LogP contribution in [-0.2, 0) is 0 Å². The Morgan fingerprint density at radius 1 is 1.16 bits per heavy atom. The molecule has 0 fully saturated rings. The summed E-state index contributed by atoms with van der Waals surface area (Å²) in [7, 11) is 0. The van der Waals surface area contributed by atoms with E-state index in [2.05, 4.69) is 27.9 Å². The van der Waals surface area contributed by atoms with Crippen LogP contribution in [0.3, 0.4) is 0 Å². The molecule has 3 N–H and O–H groups in total. The van der Waals surface area contributed by atoms with E-state index in [0.717, 1.165) is 14.7 Å². The summed E-state index contributed by atoms with van der Waals surface area (Å²) in [6, 6.07) is 11.3. The molecular formula is C15H15IN2O. The first-order valence-corrected chi connectivity index (χ1v) is 6.99. The third kappa shape index (κ3) is 3.26. The predicted molar refractivity (Wildman–Crippen MR) is 87.4 cm³/mol. The Morgan fingerprint density at radius 3 is 2.37 bits per heavy atom. The van der Waals surface area contributed by atoms with Gasteiger partial charge in [-0.3, -0.25) is 4.79 Å². The number of anilines is 2. The molecule has 0 aliphatic heterocycles. The van der Waals surface area contributed by atoms with Crippen LogP contribution < -0.4 is 11.1 Å². The zero-order valence-corrected chi connectivity index (χ0v) is 13.0. The van der Waals surface area contributed by atoms with Crippen LogP contribution in [0, 0.1) is 17.4 Å². The highest BCUT2D eigenvalue weighted by atomic mass is 127. The number of benzene rings is 2. The van der Waals surface area contributed by atoms with Gasteiger partial charge in [-0.05, 0) is 77.9 Å². The molecule has 0 spiro atoms. The summed E-state index contributed by atoms with van der Waals surface area (Å²) in [5.74, 6) is -0.143. The van der Waals surface area contributed by atoms with Gasteiger partial charge in [-0.15, -0.1) is 0 Å². The van der Waals surface area contributed by atoms with E-state index in [-0.39, 0.29) is 5.91 Å². The van der Waals surface area contributed by atoms with E-state index in [1.807, 2.05) is 38.1 Å². The van der Waals surface area contributed by atoms with Crippen molar-refractivity contribution in [3.05, 3.63) is 56.7 Å². The number of hydrogen-bond donors (Lipinski definition) is 2. The number of nitrogens with one attached hydrogen (secondary N) is 1. The fraction of sp³-hybridized carbons (Fsp3) is 0.133. The molecule has 2 aromatic rings. The maximum atomic E-state index is 12.1. The molecule has 3 nitrogen and oxygen atoms in total. The molecule has 4 heteroatoms. The third-order valence-electron chi connectivity index (χ3n) is 2.86. The number of halogens is 1. The van der Waals surface area contributed by atoms with Gasteiger partial charge in [0.25, 0.3) is 5.91 Å². The number of nitrogen functional groups attached to an aromatic ring is 1. The topological polar surface area (TPSA) is 55.1 Å². The monoisotopic (exact) mass is 366 g/mol. The molecule has 0 aliphatic carbocycles. The molecular weight excluding hydrogens is 351 g/mol. The molecule has 2 aromatic carbocycles. The van der Waals surface area contributed by atoms with Gasteiger partial charge in [0.05, 0.1) is 11.4 Å². The second-order valence-corrected chi connectivity index (χ2v) is 5.75. The van der Waals surface area contributed by atoms with E-state index in [4.69, 9.17) is 5.73 Å². The van der Waals surface area contributed by atoms with Gasteiger partial charge in [0, 0.05) is 9.13 Å². The SMILES string of the molecule is Cc1cc(C)c(NC(=O)c2ccc(I)cc2)c(N)c1. The largest absolute Gasteiger partial charge is 0.397 e. The lowest BCUT2D eigenvalue weighted by Crippen LogP contribution is -2.14. The summed E-state index contributed by atoms with van der Waals surface area (Å²) in [6.07, 6.45) is 0. The fourth-order valence-electron chi connectivity index (χ4n) is 1.96. The number of nitrogens with two attached hydrogens (primary N) is 1. The molecule has 0 saturated carbocycles. The van der Waals surface area contributed by atoms with Crippen molar-refractivity contribution in [1.82, 2.24) is 0 Å². The molecule has 2 rings (SSSR count). The smallest absolute Gasteiger partial charge is 0.255 e. The molecule has 0 bridgehead atoms. The predicted octanol–water partition coefficient (Wildman–Crippen LogP) is 3.74. The molecule has 98 valence electrons. The van der Waals surface area contributed by atoms with Crippen LogP contribution in [-0.4, -0.2) is 5.91 Å². The number of amides is 1. The molecule has 0 aliphatic rings. The fourth-order valence-corrected chi connectivity index (χ4v) is 2.32. The van der Waals surface area contributed by atoms with Crippen LogP contribution in [0.15, 0.2) is 36.4 Å². The molecule has 0 aromatic heterocycles. The van der Waals surface area contributed by atoms with Crippen molar-refractivity contribution in [2.45, 2.75) is 13.8 Å². The van der Waals surface area contributed by atoms with Crippen molar-refractivity contribution in [3.63, 3.8) is 0 Å². The maximum absolute atomic E-state index is 12.1. The Morgan fingerprint density at radius 2 is 1.79 bits per heavy atom. The molecule has 0 heterocycles. The minimum absolute atomic E-state index is 0.143. The molecule has 19 heavy (non-hydrogen) atoms.